The van der Waals surface area contributed by atoms with Gasteiger partial charge in [-0.3, -0.25) is 4.79 Å². The van der Waals surface area contributed by atoms with Gasteiger partial charge in [-0.15, -0.1) is 0 Å². The Kier molecular flexibility index (Phi) is 1.58. The van der Waals surface area contributed by atoms with Crippen LogP contribution in [0.15, 0.2) is 12.5 Å². The number of carbonyl (C=O) groups is 1. The quantitative estimate of drug-likeness (QED) is 0.598. The van der Waals surface area contributed by atoms with Crippen LogP contribution in [0.4, 0.5) is 0 Å². The summed E-state index contributed by atoms with van der Waals surface area (Å²) in [5, 5.41) is 3.97. The van der Waals surface area contributed by atoms with E-state index >= 15 is 0 Å². The van der Waals surface area contributed by atoms with E-state index in [0.717, 1.165) is 5.69 Å². The third-order valence-electron chi connectivity index (χ3n) is 1.81. The van der Waals surface area contributed by atoms with Gasteiger partial charge in [0.15, 0.2) is 17.1 Å². The number of hydrogen-bond acceptors (Lipinski definition) is 4. The largest absolute Gasteiger partial charge is 0.293 e. The van der Waals surface area contributed by atoms with Crippen LogP contribution in [0.3, 0.4) is 0 Å². The Morgan fingerprint density at radius 2 is 2.23 bits per heavy atom. The van der Waals surface area contributed by atoms with Crippen LogP contribution in [0, 0.1) is 6.92 Å². The molecule has 0 spiro atoms. The van der Waals surface area contributed by atoms with E-state index in [1.165, 1.54) is 13.3 Å². The Labute approximate surface area is 74.4 Å². The molecule has 0 atom stereocenters. The molecule has 2 heterocycles. The van der Waals surface area contributed by atoms with Gasteiger partial charge in [-0.25, -0.2) is 14.5 Å². The number of ketones is 1. The molecule has 0 fully saturated rings. The molecule has 5 heteroatoms. The van der Waals surface area contributed by atoms with Crippen molar-refractivity contribution in [2.45, 2.75) is 13.8 Å². The average Bonchev–Trinajstić information content (AvgIpc) is 2.48. The van der Waals surface area contributed by atoms with Crippen molar-refractivity contribution < 1.29 is 4.79 Å². The second-order valence-corrected chi connectivity index (χ2v) is 2.80. The molecule has 0 amide bonds. The predicted octanol–water partition coefficient (Wildman–Crippen LogP) is 0.635. The number of fused-ring (bicyclic) bond motifs is 1. The topological polar surface area (TPSA) is 60.2 Å². The van der Waals surface area contributed by atoms with Crippen molar-refractivity contribution in [3.8, 4) is 0 Å². The van der Waals surface area contributed by atoms with Gasteiger partial charge in [0.25, 0.3) is 0 Å². The summed E-state index contributed by atoms with van der Waals surface area (Å²) >= 11 is 0. The van der Waals surface area contributed by atoms with Gasteiger partial charge < -0.3 is 0 Å². The highest BCUT2D eigenvalue weighted by molar-refractivity contribution is 5.97. The Balaban J connectivity index is 2.84. The first-order valence-electron chi connectivity index (χ1n) is 3.86. The minimum atomic E-state index is -0.0991. The number of rotatable bonds is 1. The Bertz CT molecular complexity index is 474. The number of nitrogens with zero attached hydrogens (tertiary/aromatic N) is 4. The molecule has 0 saturated heterocycles. The second kappa shape index (κ2) is 2.62. The van der Waals surface area contributed by atoms with Gasteiger partial charge in [0, 0.05) is 6.92 Å². The fourth-order valence-corrected chi connectivity index (χ4v) is 1.18. The Morgan fingerprint density at radius 3 is 2.92 bits per heavy atom. The van der Waals surface area contributed by atoms with Crippen LogP contribution in [0.2, 0.25) is 0 Å². The van der Waals surface area contributed by atoms with Crippen LogP contribution in [0.1, 0.15) is 23.1 Å². The fourth-order valence-electron chi connectivity index (χ4n) is 1.18. The number of carbonyl (C=O) groups excluding carboxylic acids is 1. The van der Waals surface area contributed by atoms with Gasteiger partial charge in [-0.2, -0.15) is 5.10 Å². The maximum Gasteiger partial charge on any atom is 0.183 e. The van der Waals surface area contributed by atoms with Gasteiger partial charge in [-0.1, -0.05) is 0 Å². The third kappa shape index (κ3) is 1.09. The summed E-state index contributed by atoms with van der Waals surface area (Å²) in [5.41, 5.74) is 1.77. The molecule has 0 bridgehead atoms. The van der Waals surface area contributed by atoms with Crippen LogP contribution in [0.25, 0.3) is 5.65 Å². The summed E-state index contributed by atoms with van der Waals surface area (Å²) in [5.74, 6) is -0.0991. The summed E-state index contributed by atoms with van der Waals surface area (Å²) in [4.78, 5) is 19.1. The molecule has 0 N–H and O–H groups in total. The molecule has 0 aliphatic heterocycles. The summed E-state index contributed by atoms with van der Waals surface area (Å²) in [6.45, 7) is 3.34. The zero-order chi connectivity index (χ0) is 9.42. The molecule has 2 aromatic heterocycles. The highest BCUT2D eigenvalue weighted by Crippen LogP contribution is 2.06. The standard InChI is InChI=1S/C8H8N4O/c1-5-3-9-8-7(6(2)13)10-4-11-12(5)8/h3-4H,1-2H3. The van der Waals surface area contributed by atoms with Gasteiger partial charge in [0.05, 0.1) is 11.9 Å². The molecule has 0 radical (unpaired) electrons. The molecular formula is C8H8N4O. The molecule has 0 saturated carbocycles. The van der Waals surface area contributed by atoms with Crippen molar-refractivity contribution in [2.24, 2.45) is 0 Å². The van der Waals surface area contributed by atoms with Crippen molar-refractivity contribution in [1.29, 1.82) is 0 Å². The molecule has 13 heavy (non-hydrogen) atoms. The average molecular weight is 176 g/mol. The van der Waals surface area contributed by atoms with Crippen molar-refractivity contribution >= 4 is 11.4 Å². The summed E-state index contributed by atoms with van der Waals surface area (Å²) < 4.78 is 1.60. The normalized spacial score (nSPS) is 10.6. The monoisotopic (exact) mass is 176 g/mol. The zero-order valence-electron chi connectivity index (χ0n) is 7.35. The molecule has 5 nitrogen and oxygen atoms in total. The Hall–Kier alpha value is -1.78. The lowest BCUT2D eigenvalue weighted by Gasteiger charge is -1.97. The third-order valence-corrected chi connectivity index (χ3v) is 1.81. The van der Waals surface area contributed by atoms with E-state index in [0.29, 0.717) is 11.3 Å². The number of aryl methyl sites for hydroxylation is 1. The van der Waals surface area contributed by atoms with Crippen LogP contribution in [-0.2, 0) is 0 Å². The highest BCUT2D eigenvalue weighted by atomic mass is 16.1. The molecule has 0 unspecified atom stereocenters. The van der Waals surface area contributed by atoms with Crippen LogP contribution in [-0.4, -0.2) is 25.4 Å². The number of hydrogen-bond donors (Lipinski definition) is 0. The van der Waals surface area contributed by atoms with Gasteiger partial charge in [0.1, 0.15) is 6.33 Å². The molecule has 0 aliphatic rings. The number of imidazole rings is 1. The van der Waals surface area contributed by atoms with Crippen molar-refractivity contribution in [3.05, 3.63) is 23.9 Å². The van der Waals surface area contributed by atoms with E-state index < -0.39 is 0 Å². The summed E-state index contributed by atoms with van der Waals surface area (Å²) in [6, 6.07) is 0. The summed E-state index contributed by atoms with van der Waals surface area (Å²) in [6.07, 6.45) is 3.02. The first kappa shape index (κ1) is 7.85. The van der Waals surface area contributed by atoms with Crippen molar-refractivity contribution in [1.82, 2.24) is 19.6 Å². The maximum atomic E-state index is 11.1. The first-order valence-corrected chi connectivity index (χ1v) is 3.86. The summed E-state index contributed by atoms with van der Waals surface area (Å²) in [7, 11) is 0. The Morgan fingerprint density at radius 1 is 1.46 bits per heavy atom. The molecule has 0 aliphatic carbocycles. The lowest BCUT2D eigenvalue weighted by atomic mass is 10.3. The van der Waals surface area contributed by atoms with Crippen LogP contribution >= 0.6 is 0 Å². The van der Waals surface area contributed by atoms with Crippen molar-refractivity contribution in [2.75, 3.05) is 0 Å². The zero-order valence-corrected chi connectivity index (χ0v) is 7.35. The lowest BCUT2D eigenvalue weighted by Crippen LogP contribution is -2.04. The van der Waals surface area contributed by atoms with E-state index in [-0.39, 0.29) is 5.78 Å². The van der Waals surface area contributed by atoms with Gasteiger partial charge in [-0.05, 0) is 6.92 Å². The molecule has 2 aromatic rings. The van der Waals surface area contributed by atoms with Gasteiger partial charge >= 0.3 is 0 Å². The predicted molar refractivity (Wildman–Crippen MR) is 45.5 cm³/mol. The molecular weight excluding hydrogens is 168 g/mol. The SMILES string of the molecule is CC(=O)c1ncnn2c(C)cnc12. The van der Waals surface area contributed by atoms with E-state index in [9.17, 15) is 4.79 Å². The smallest absolute Gasteiger partial charge is 0.183 e. The van der Waals surface area contributed by atoms with E-state index in [1.54, 1.807) is 10.7 Å². The highest BCUT2D eigenvalue weighted by Gasteiger charge is 2.10. The molecule has 2 rings (SSSR count). The molecule has 0 aromatic carbocycles. The first-order chi connectivity index (χ1) is 6.20. The van der Waals surface area contributed by atoms with E-state index in [4.69, 9.17) is 0 Å². The lowest BCUT2D eigenvalue weighted by molar-refractivity contribution is 0.101. The number of Topliss-reactive ketones (excluding diaryl/α,β-unsaturated/α-hetero) is 1. The number of aromatic nitrogens is 4. The van der Waals surface area contributed by atoms with E-state index in [2.05, 4.69) is 15.1 Å². The maximum absolute atomic E-state index is 11.1. The van der Waals surface area contributed by atoms with Gasteiger partial charge in [0.2, 0.25) is 0 Å². The van der Waals surface area contributed by atoms with Crippen molar-refractivity contribution in [3.63, 3.8) is 0 Å². The minimum Gasteiger partial charge on any atom is -0.293 e. The second-order valence-electron chi connectivity index (χ2n) is 2.80. The molecule has 66 valence electrons. The van der Waals surface area contributed by atoms with E-state index in [1.807, 2.05) is 6.92 Å². The van der Waals surface area contributed by atoms with Crippen LogP contribution in [0.5, 0.6) is 0 Å². The minimum absolute atomic E-state index is 0.0991. The van der Waals surface area contributed by atoms with Crippen LogP contribution < -0.4 is 0 Å². The fraction of sp³-hybridized carbons (Fsp3) is 0.250.